The minimum absolute atomic E-state index is 0.0297. The number of ether oxygens (including phenoxy) is 3. The standard InChI is InChI=1S/C21H20ClF3N2O5/c22-15-2-1-3-16(11-15)31-13-20(29)32-12-19(28)26-17-10-14(21(23,24)25)4-5-18(17)27-6-8-30-9-7-27/h1-5,10-11H,6-9,12-13H2,(H,26,28). The fourth-order valence-electron chi connectivity index (χ4n) is 2.97. The Balaban J connectivity index is 1.60. The molecule has 0 spiro atoms. The van der Waals surface area contributed by atoms with Crippen LogP contribution in [0.1, 0.15) is 5.56 Å². The molecular weight excluding hydrogens is 453 g/mol. The normalized spacial score (nSPS) is 14.1. The molecule has 0 aliphatic carbocycles. The lowest BCUT2D eigenvalue weighted by Gasteiger charge is -2.31. The molecule has 0 unspecified atom stereocenters. The number of alkyl halides is 3. The molecule has 11 heteroatoms. The van der Waals surface area contributed by atoms with Crippen LogP contribution in [0.2, 0.25) is 5.02 Å². The monoisotopic (exact) mass is 472 g/mol. The van der Waals surface area contributed by atoms with Crippen molar-refractivity contribution in [3.63, 3.8) is 0 Å². The lowest BCUT2D eigenvalue weighted by atomic mass is 10.1. The third kappa shape index (κ3) is 6.76. The van der Waals surface area contributed by atoms with Gasteiger partial charge in [-0.3, -0.25) is 4.79 Å². The Bertz CT molecular complexity index is 965. The molecule has 0 atom stereocenters. The van der Waals surface area contributed by atoms with Gasteiger partial charge in [0.15, 0.2) is 13.2 Å². The number of morpholine rings is 1. The van der Waals surface area contributed by atoms with E-state index in [2.05, 4.69) is 5.32 Å². The van der Waals surface area contributed by atoms with Crippen molar-refractivity contribution in [1.82, 2.24) is 0 Å². The lowest BCUT2D eigenvalue weighted by Crippen LogP contribution is -2.37. The summed E-state index contributed by atoms with van der Waals surface area (Å²) >= 11 is 5.82. The van der Waals surface area contributed by atoms with Crippen LogP contribution in [0.15, 0.2) is 42.5 Å². The highest BCUT2D eigenvalue weighted by molar-refractivity contribution is 6.30. The van der Waals surface area contributed by atoms with Crippen molar-refractivity contribution >= 4 is 34.9 Å². The minimum Gasteiger partial charge on any atom is -0.482 e. The zero-order valence-electron chi connectivity index (χ0n) is 16.8. The maximum atomic E-state index is 13.1. The van der Waals surface area contributed by atoms with Crippen LogP contribution in [0.5, 0.6) is 5.75 Å². The van der Waals surface area contributed by atoms with Crippen molar-refractivity contribution in [3.05, 3.63) is 53.1 Å². The van der Waals surface area contributed by atoms with Crippen molar-refractivity contribution in [2.45, 2.75) is 6.18 Å². The van der Waals surface area contributed by atoms with Crippen LogP contribution in [0.4, 0.5) is 24.5 Å². The zero-order chi connectivity index (χ0) is 23.1. The smallest absolute Gasteiger partial charge is 0.416 e. The third-order valence-electron chi connectivity index (χ3n) is 4.47. The summed E-state index contributed by atoms with van der Waals surface area (Å²) in [6.45, 7) is 0.609. The molecule has 172 valence electrons. The first kappa shape index (κ1) is 23.7. The van der Waals surface area contributed by atoms with Gasteiger partial charge in [-0.15, -0.1) is 0 Å². The van der Waals surface area contributed by atoms with E-state index in [0.717, 1.165) is 12.1 Å². The van der Waals surface area contributed by atoms with Crippen LogP contribution >= 0.6 is 11.6 Å². The summed E-state index contributed by atoms with van der Waals surface area (Å²) in [6, 6.07) is 9.47. The molecule has 32 heavy (non-hydrogen) atoms. The first-order chi connectivity index (χ1) is 15.2. The second-order valence-corrected chi connectivity index (χ2v) is 7.22. The Morgan fingerprint density at radius 2 is 1.84 bits per heavy atom. The van der Waals surface area contributed by atoms with E-state index in [9.17, 15) is 22.8 Å². The second-order valence-electron chi connectivity index (χ2n) is 6.78. The molecule has 0 radical (unpaired) electrons. The van der Waals surface area contributed by atoms with Crippen molar-refractivity contribution < 1.29 is 37.0 Å². The highest BCUT2D eigenvalue weighted by atomic mass is 35.5. The van der Waals surface area contributed by atoms with E-state index in [1.165, 1.54) is 12.1 Å². The maximum absolute atomic E-state index is 13.1. The molecule has 2 aromatic rings. The average molecular weight is 473 g/mol. The number of benzene rings is 2. The van der Waals surface area contributed by atoms with E-state index in [4.69, 9.17) is 25.8 Å². The molecule has 1 heterocycles. The van der Waals surface area contributed by atoms with Crippen LogP contribution < -0.4 is 15.0 Å². The molecule has 2 aromatic carbocycles. The highest BCUT2D eigenvalue weighted by Gasteiger charge is 2.32. The Hall–Kier alpha value is -2.98. The Morgan fingerprint density at radius 3 is 2.53 bits per heavy atom. The fourth-order valence-corrected chi connectivity index (χ4v) is 3.15. The molecule has 1 amide bonds. The number of hydrogen-bond acceptors (Lipinski definition) is 6. The third-order valence-corrected chi connectivity index (χ3v) is 4.70. The minimum atomic E-state index is -4.58. The number of carbonyl (C=O) groups is 2. The molecule has 7 nitrogen and oxygen atoms in total. The molecule has 0 saturated carbocycles. The van der Waals surface area contributed by atoms with Gasteiger partial charge in [0.1, 0.15) is 5.75 Å². The van der Waals surface area contributed by atoms with Gasteiger partial charge < -0.3 is 24.4 Å². The Kier molecular flexibility index (Phi) is 7.81. The molecule has 1 fully saturated rings. The predicted molar refractivity (Wildman–Crippen MR) is 111 cm³/mol. The highest BCUT2D eigenvalue weighted by Crippen LogP contribution is 2.35. The summed E-state index contributed by atoms with van der Waals surface area (Å²) in [5.74, 6) is -1.26. The molecule has 0 bridgehead atoms. The van der Waals surface area contributed by atoms with Crippen LogP contribution in [0.25, 0.3) is 0 Å². The quantitative estimate of drug-likeness (QED) is 0.618. The molecule has 0 aromatic heterocycles. The van der Waals surface area contributed by atoms with Crippen LogP contribution in [-0.2, 0) is 25.2 Å². The summed E-state index contributed by atoms with van der Waals surface area (Å²) in [7, 11) is 0. The van der Waals surface area contributed by atoms with Crippen LogP contribution in [0.3, 0.4) is 0 Å². The molecular formula is C21H20ClF3N2O5. The van der Waals surface area contributed by atoms with Crippen molar-refractivity contribution in [1.29, 1.82) is 0 Å². The first-order valence-corrected chi connectivity index (χ1v) is 9.98. The summed E-state index contributed by atoms with van der Waals surface area (Å²) in [6.07, 6.45) is -4.58. The topological polar surface area (TPSA) is 77.1 Å². The number of hydrogen-bond donors (Lipinski definition) is 1. The Morgan fingerprint density at radius 1 is 1.09 bits per heavy atom. The van der Waals surface area contributed by atoms with Crippen molar-refractivity contribution in [3.8, 4) is 5.75 Å². The maximum Gasteiger partial charge on any atom is 0.416 e. The van der Waals surface area contributed by atoms with Crippen LogP contribution in [-0.4, -0.2) is 51.4 Å². The molecule has 1 N–H and O–H groups in total. The SMILES string of the molecule is O=C(COC(=O)COc1cccc(Cl)c1)Nc1cc(C(F)(F)F)ccc1N1CCOCC1. The number of nitrogens with zero attached hydrogens (tertiary/aromatic N) is 1. The fraction of sp³-hybridized carbons (Fsp3) is 0.333. The lowest BCUT2D eigenvalue weighted by molar-refractivity contribution is -0.149. The Labute approximate surface area is 187 Å². The summed E-state index contributed by atoms with van der Waals surface area (Å²) < 4.78 is 54.8. The van der Waals surface area contributed by atoms with E-state index in [-0.39, 0.29) is 5.69 Å². The largest absolute Gasteiger partial charge is 0.482 e. The molecule has 1 saturated heterocycles. The van der Waals surface area contributed by atoms with Crippen molar-refractivity contribution in [2.75, 3.05) is 49.7 Å². The van der Waals surface area contributed by atoms with Gasteiger partial charge in [0, 0.05) is 18.1 Å². The molecule has 1 aliphatic heterocycles. The van der Waals surface area contributed by atoms with Gasteiger partial charge in [0.2, 0.25) is 0 Å². The van der Waals surface area contributed by atoms with E-state index in [1.54, 1.807) is 18.2 Å². The first-order valence-electron chi connectivity index (χ1n) is 9.60. The van der Waals surface area contributed by atoms with Crippen LogP contribution in [0, 0.1) is 0 Å². The van der Waals surface area contributed by atoms with Gasteiger partial charge >= 0.3 is 12.1 Å². The van der Waals surface area contributed by atoms with Gasteiger partial charge in [0.05, 0.1) is 30.2 Å². The number of halogens is 4. The average Bonchev–Trinajstić information content (AvgIpc) is 2.76. The van der Waals surface area contributed by atoms with Gasteiger partial charge in [0.25, 0.3) is 5.91 Å². The van der Waals surface area contributed by atoms with Gasteiger partial charge in [-0.1, -0.05) is 17.7 Å². The van der Waals surface area contributed by atoms with E-state index >= 15 is 0 Å². The van der Waals surface area contributed by atoms with Gasteiger partial charge in [-0.25, -0.2) is 4.79 Å². The van der Waals surface area contributed by atoms with E-state index < -0.39 is 36.8 Å². The summed E-state index contributed by atoms with van der Waals surface area (Å²) in [5.41, 5.74) is -0.514. The number of anilines is 2. The molecule has 3 rings (SSSR count). The van der Waals surface area contributed by atoms with Gasteiger partial charge in [-0.2, -0.15) is 13.2 Å². The number of rotatable bonds is 7. The van der Waals surface area contributed by atoms with Crippen molar-refractivity contribution in [2.24, 2.45) is 0 Å². The number of carbonyl (C=O) groups excluding carboxylic acids is 2. The van der Waals surface area contributed by atoms with Gasteiger partial charge in [-0.05, 0) is 36.4 Å². The van der Waals surface area contributed by atoms with E-state index in [1.807, 2.05) is 4.90 Å². The predicted octanol–water partition coefficient (Wildman–Crippen LogP) is 3.76. The second kappa shape index (κ2) is 10.6. The number of amides is 1. The zero-order valence-corrected chi connectivity index (χ0v) is 17.5. The summed E-state index contributed by atoms with van der Waals surface area (Å²) in [4.78, 5) is 25.9. The van der Waals surface area contributed by atoms with E-state index in [0.29, 0.717) is 42.8 Å². The number of esters is 1. The molecule has 1 aliphatic rings. The number of nitrogens with one attached hydrogen (secondary N) is 1. The summed E-state index contributed by atoms with van der Waals surface area (Å²) in [5, 5.41) is 2.82.